The highest BCUT2D eigenvalue weighted by Gasteiger charge is 2.17. The molecule has 0 amide bonds. The maximum Gasteiger partial charge on any atom is 0.231 e. The maximum absolute atomic E-state index is 10.4. The van der Waals surface area contributed by atoms with Crippen LogP contribution in [0.25, 0.3) is 0 Å². The number of fused-ring (bicyclic) bond motifs is 1. The van der Waals surface area contributed by atoms with Crippen LogP contribution in [0.15, 0.2) is 24.3 Å². The molecule has 0 saturated carbocycles. The quantitative estimate of drug-likeness (QED) is 0.746. The SMILES string of the molecule is O=S(O)NCCN1CCc2ccccc21. The zero-order valence-corrected chi connectivity index (χ0v) is 9.17. The minimum absolute atomic E-state index is 0.525. The molecular formula is C10H14N2O2S. The lowest BCUT2D eigenvalue weighted by molar-refractivity contribution is 0.549. The van der Waals surface area contributed by atoms with Crippen LogP contribution in [0, 0.1) is 0 Å². The van der Waals surface area contributed by atoms with Gasteiger partial charge in [0.1, 0.15) is 0 Å². The molecule has 1 aromatic rings. The number of nitrogens with one attached hydrogen (secondary N) is 1. The molecule has 0 fully saturated rings. The van der Waals surface area contributed by atoms with Crippen LogP contribution in [0.2, 0.25) is 0 Å². The van der Waals surface area contributed by atoms with Gasteiger partial charge in [-0.15, -0.1) is 0 Å². The molecule has 1 aromatic carbocycles. The van der Waals surface area contributed by atoms with Gasteiger partial charge in [-0.2, -0.15) is 0 Å². The zero-order valence-electron chi connectivity index (χ0n) is 8.35. The van der Waals surface area contributed by atoms with Crippen molar-refractivity contribution in [2.45, 2.75) is 6.42 Å². The van der Waals surface area contributed by atoms with Gasteiger partial charge in [0.15, 0.2) is 0 Å². The third-order valence-corrected chi connectivity index (χ3v) is 3.04. The van der Waals surface area contributed by atoms with Crippen molar-refractivity contribution in [1.82, 2.24) is 4.72 Å². The highest BCUT2D eigenvalue weighted by Crippen LogP contribution is 2.26. The van der Waals surface area contributed by atoms with Gasteiger partial charge in [-0.3, -0.25) is 4.55 Å². The first-order chi connectivity index (χ1) is 7.27. The molecular weight excluding hydrogens is 212 g/mol. The lowest BCUT2D eigenvalue weighted by atomic mass is 10.2. The summed E-state index contributed by atoms with van der Waals surface area (Å²) in [5.74, 6) is 0. The van der Waals surface area contributed by atoms with Gasteiger partial charge in [-0.25, -0.2) is 8.93 Å². The predicted octanol–water partition coefficient (Wildman–Crippen LogP) is 0.775. The third-order valence-electron chi connectivity index (χ3n) is 2.59. The van der Waals surface area contributed by atoms with Gasteiger partial charge in [0.2, 0.25) is 11.3 Å². The molecule has 5 heteroatoms. The Morgan fingerprint density at radius 1 is 1.47 bits per heavy atom. The van der Waals surface area contributed by atoms with E-state index in [1.807, 2.05) is 12.1 Å². The van der Waals surface area contributed by atoms with Crippen LogP contribution >= 0.6 is 0 Å². The van der Waals surface area contributed by atoms with E-state index in [-0.39, 0.29) is 0 Å². The highest BCUT2D eigenvalue weighted by molar-refractivity contribution is 7.77. The summed E-state index contributed by atoms with van der Waals surface area (Å²) < 4.78 is 21.5. The molecule has 82 valence electrons. The van der Waals surface area contributed by atoms with Crippen molar-refractivity contribution in [2.24, 2.45) is 0 Å². The Balaban J connectivity index is 1.93. The number of para-hydroxylation sites is 1. The third kappa shape index (κ3) is 2.56. The summed E-state index contributed by atoms with van der Waals surface area (Å²) in [6, 6.07) is 8.29. The molecule has 4 nitrogen and oxygen atoms in total. The number of hydrogen-bond acceptors (Lipinski definition) is 2. The van der Waals surface area contributed by atoms with Crippen molar-refractivity contribution in [3.05, 3.63) is 29.8 Å². The fourth-order valence-electron chi connectivity index (χ4n) is 1.91. The van der Waals surface area contributed by atoms with Crippen molar-refractivity contribution < 1.29 is 8.76 Å². The van der Waals surface area contributed by atoms with Crippen LogP contribution in [0.3, 0.4) is 0 Å². The topological polar surface area (TPSA) is 52.6 Å². The van der Waals surface area contributed by atoms with Crippen LogP contribution in [0.4, 0.5) is 5.69 Å². The summed E-state index contributed by atoms with van der Waals surface area (Å²) in [4.78, 5) is 2.23. The molecule has 1 aliphatic heterocycles. The van der Waals surface area contributed by atoms with E-state index in [4.69, 9.17) is 4.55 Å². The predicted molar refractivity (Wildman–Crippen MR) is 61.1 cm³/mol. The maximum atomic E-state index is 10.4. The monoisotopic (exact) mass is 226 g/mol. The first-order valence-electron chi connectivity index (χ1n) is 4.94. The Morgan fingerprint density at radius 2 is 2.27 bits per heavy atom. The van der Waals surface area contributed by atoms with E-state index in [0.717, 1.165) is 19.5 Å². The molecule has 0 aliphatic carbocycles. The van der Waals surface area contributed by atoms with Crippen molar-refractivity contribution in [3.8, 4) is 0 Å². The van der Waals surface area contributed by atoms with E-state index in [0.29, 0.717) is 6.54 Å². The number of benzene rings is 1. The first-order valence-corrected chi connectivity index (χ1v) is 6.05. The van der Waals surface area contributed by atoms with E-state index in [1.54, 1.807) is 0 Å². The van der Waals surface area contributed by atoms with E-state index in [1.165, 1.54) is 11.3 Å². The lowest BCUT2D eigenvalue weighted by Gasteiger charge is -2.18. The summed E-state index contributed by atoms with van der Waals surface area (Å²) in [6.45, 7) is 2.29. The molecule has 2 rings (SSSR count). The Hall–Kier alpha value is -0.910. The molecule has 1 heterocycles. The van der Waals surface area contributed by atoms with Crippen LogP contribution in [-0.4, -0.2) is 28.4 Å². The average Bonchev–Trinajstić information content (AvgIpc) is 2.62. The number of rotatable bonds is 4. The van der Waals surface area contributed by atoms with Gasteiger partial charge < -0.3 is 4.90 Å². The van der Waals surface area contributed by atoms with Gasteiger partial charge in [0.25, 0.3) is 0 Å². The minimum Gasteiger partial charge on any atom is -0.370 e. The molecule has 0 spiro atoms. The number of anilines is 1. The van der Waals surface area contributed by atoms with Gasteiger partial charge >= 0.3 is 0 Å². The Bertz CT molecular complexity index is 370. The fourth-order valence-corrected chi connectivity index (χ4v) is 2.17. The van der Waals surface area contributed by atoms with E-state index in [2.05, 4.69) is 21.8 Å². The number of nitrogens with zero attached hydrogens (tertiary/aromatic N) is 1. The van der Waals surface area contributed by atoms with Crippen molar-refractivity contribution in [2.75, 3.05) is 24.5 Å². The second-order valence-corrected chi connectivity index (χ2v) is 4.30. The van der Waals surface area contributed by atoms with Crippen molar-refractivity contribution in [1.29, 1.82) is 0 Å². The first kappa shape index (κ1) is 10.6. The summed E-state index contributed by atoms with van der Waals surface area (Å²) in [7, 11) is 0. The second kappa shape index (κ2) is 4.74. The van der Waals surface area contributed by atoms with Gasteiger partial charge in [0.05, 0.1) is 0 Å². The Morgan fingerprint density at radius 3 is 3.07 bits per heavy atom. The van der Waals surface area contributed by atoms with Crippen LogP contribution < -0.4 is 9.62 Å². The van der Waals surface area contributed by atoms with Crippen LogP contribution in [-0.2, 0) is 17.7 Å². The van der Waals surface area contributed by atoms with Crippen molar-refractivity contribution in [3.63, 3.8) is 0 Å². The lowest BCUT2D eigenvalue weighted by Crippen LogP contribution is -2.31. The molecule has 0 radical (unpaired) electrons. The number of hydrogen-bond donors (Lipinski definition) is 2. The molecule has 2 N–H and O–H groups in total. The molecule has 1 unspecified atom stereocenters. The summed E-state index contributed by atoms with van der Waals surface area (Å²) in [6.07, 6.45) is 1.07. The van der Waals surface area contributed by atoms with Crippen LogP contribution in [0.5, 0.6) is 0 Å². The fraction of sp³-hybridized carbons (Fsp3) is 0.400. The molecule has 1 aliphatic rings. The molecule has 15 heavy (non-hydrogen) atoms. The molecule has 0 saturated heterocycles. The van der Waals surface area contributed by atoms with E-state index < -0.39 is 11.3 Å². The van der Waals surface area contributed by atoms with E-state index >= 15 is 0 Å². The average molecular weight is 226 g/mol. The van der Waals surface area contributed by atoms with Crippen LogP contribution in [0.1, 0.15) is 5.56 Å². The van der Waals surface area contributed by atoms with Gasteiger partial charge in [-0.05, 0) is 18.1 Å². The standard InChI is InChI=1S/C10H14N2O2S/c13-15(14)11-6-8-12-7-5-9-3-1-2-4-10(9)12/h1-4,11H,5-8H2,(H,13,14). The highest BCUT2D eigenvalue weighted by atomic mass is 32.2. The smallest absolute Gasteiger partial charge is 0.231 e. The Labute approximate surface area is 91.7 Å². The van der Waals surface area contributed by atoms with Gasteiger partial charge in [0, 0.05) is 25.3 Å². The minimum atomic E-state index is -1.90. The summed E-state index contributed by atoms with van der Waals surface area (Å²) >= 11 is -1.90. The Kier molecular flexibility index (Phi) is 3.35. The van der Waals surface area contributed by atoms with Gasteiger partial charge in [-0.1, -0.05) is 18.2 Å². The second-order valence-electron chi connectivity index (χ2n) is 3.51. The molecule has 1 atom stereocenters. The largest absolute Gasteiger partial charge is 0.370 e. The molecule has 0 bridgehead atoms. The normalized spacial score (nSPS) is 16.5. The summed E-state index contributed by atoms with van der Waals surface area (Å²) in [5.41, 5.74) is 2.62. The summed E-state index contributed by atoms with van der Waals surface area (Å²) in [5, 5.41) is 0. The van der Waals surface area contributed by atoms with E-state index in [9.17, 15) is 4.21 Å². The zero-order chi connectivity index (χ0) is 10.7. The van der Waals surface area contributed by atoms with Crippen molar-refractivity contribution >= 4 is 17.0 Å². The molecule has 0 aromatic heterocycles.